The first-order valence-electron chi connectivity index (χ1n) is 7.79. The molecule has 0 aliphatic carbocycles. The highest BCUT2D eigenvalue weighted by Gasteiger charge is 2.27. The summed E-state index contributed by atoms with van der Waals surface area (Å²) in [6.07, 6.45) is 1.63. The van der Waals surface area contributed by atoms with Crippen molar-refractivity contribution in [3.63, 3.8) is 0 Å². The number of likely N-dealkylation sites (tertiary alicyclic amines) is 1. The lowest BCUT2D eigenvalue weighted by atomic mass is 9.93. The highest BCUT2D eigenvalue weighted by atomic mass is 16.5. The van der Waals surface area contributed by atoms with E-state index in [1.54, 1.807) is 6.92 Å². The third-order valence-corrected chi connectivity index (χ3v) is 4.11. The van der Waals surface area contributed by atoms with Gasteiger partial charge in [-0.25, -0.2) is 0 Å². The highest BCUT2D eigenvalue weighted by Crippen LogP contribution is 2.21. The fourth-order valence-corrected chi connectivity index (χ4v) is 2.77. The molecule has 5 heteroatoms. The van der Waals surface area contributed by atoms with Crippen molar-refractivity contribution >= 4 is 11.8 Å². The number of benzene rings is 1. The number of primary amides is 1. The lowest BCUT2D eigenvalue weighted by Crippen LogP contribution is -2.44. The van der Waals surface area contributed by atoms with Crippen molar-refractivity contribution in [2.24, 2.45) is 11.7 Å². The number of hydrogen-bond donors (Lipinski definition) is 1. The summed E-state index contributed by atoms with van der Waals surface area (Å²) in [7, 11) is 0. The first-order valence-corrected chi connectivity index (χ1v) is 7.79. The molecule has 0 saturated carbocycles. The second-order valence-corrected chi connectivity index (χ2v) is 5.88. The summed E-state index contributed by atoms with van der Waals surface area (Å²) in [4.78, 5) is 25.1. The average Bonchev–Trinajstić information content (AvgIpc) is 2.53. The number of ether oxygens (including phenoxy) is 1. The third-order valence-electron chi connectivity index (χ3n) is 4.11. The molecule has 0 aromatic heterocycles. The molecular weight excluding hydrogens is 280 g/mol. The number of rotatable bonds is 6. The Morgan fingerprint density at radius 3 is 2.50 bits per heavy atom. The molecule has 0 spiro atoms. The van der Waals surface area contributed by atoms with Crippen LogP contribution in [0.25, 0.3) is 0 Å². The monoisotopic (exact) mass is 304 g/mol. The third kappa shape index (κ3) is 4.84. The lowest BCUT2D eigenvalue weighted by molar-refractivity contribution is -0.144. The smallest absolute Gasteiger partial charge is 0.251 e. The number of carbonyl (C=O) groups excluding carboxylic acids is 2. The quantitative estimate of drug-likeness (QED) is 0.869. The predicted molar refractivity (Wildman–Crippen MR) is 83.8 cm³/mol. The standard InChI is InChI=1S/C17H24N2O3/c1-13(22-12-15-5-3-2-4-6-15)17(21)19-9-7-14(8-10-19)11-16(18)20/h2-6,13-14H,7-12H2,1H3,(H2,18,20)/t13-/m0/s1. The zero-order valence-electron chi connectivity index (χ0n) is 13.0. The van der Waals surface area contributed by atoms with Gasteiger partial charge in [-0.2, -0.15) is 0 Å². The molecule has 1 heterocycles. The zero-order valence-corrected chi connectivity index (χ0v) is 13.0. The van der Waals surface area contributed by atoms with Gasteiger partial charge in [0.2, 0.25) is 5.91 Å². The van der Waals surface area contributed by atoms with Crippen molar-refractivity contribution in [2.75, 3.05) is 13.1 Å². The van der Waals surface area contributed by atoms with Gasteiger partial charge in [0.15, 0.2) is 0 Å². The molecule has 1 aliphatic heterocycles. The first kappa shape index (κ1) is 16.5. The van der Waals surface area contributed by atoms with E-state index in [-0.39, 0.29) is 11.8 Å². The van der Waals surface area contributed by atoms with Crippen LogP contribution in [0, 0.1) is 5.92 Å². The van der Waals surface area contributed by atoms with E-state index in [1.807, 2.05) is 35.2 Å². The Morgan fingerprint density at radius 1 is 1.27 bits per heavy atom. The largest absolute Gasteiger partial charge is 0.370 e. The van der Waals surface area contributed by atoms with E-state index in [0.29, 0.717) is 32.0 Å². The Bertz CT molecular complexity index is 496. The second kappa shape index (κ2) is 7.94. The number of nitrogens with zero attached hydrogens (tertiary/aromatic N) is 1. The Hall–Kier alpha value is -1.88. The minimum Gasteiger partial charge on any atom is -0.370 e. The van der Waals surface area contributed by atoms with Crippen LogP contribution in [0.3, 0.4) is 0 Å². The SMILES string of the molecule is C[C@H](OCc1ccccc1)C(=O)N1CCC(CC(N)=O)CC1. The van der Waals surface area contributed by atoms with Crippen LogP contribution in [0.1, 0.15) is 31.7 Å². The van der Waals surface area contributed by atoms with E-state index in [4.69, 9.17) is 10.5 Å². The summed E-state index contributed by atoms with van der Waals surface area (Å²) >= 11 is 0. The lowest BCUT2D eigenvalue weighted by Gasteiger charge is -2.33. The van der Waals surface area contributed by atoms with Gasteiger partial charge in [0.25, 0.3) is 5.91 Å². The van der Waals surface area contributed by atoms with Gasteiger partial charge in [0, 0.05) is 19.5 Å². The number of carbonyl (C=O) groups is 2. The molecule has 0 bridgehead atoms. The van der Waals surface area contributed by atoms with Gasteiger partial charge in [-0.05, 0) is 31.2 Å². The van der Waals surface area contributed by atoms with Crippen molar-refractivity contribution in [3.8, 4) is 0 Å². The van der Waals surface area contributed by atoms with E-state index in [0.717, 1.165) is 18.4 Å². The fourth-order valence-electron chi connectivity index (χ4n) is 2.77. The van der Waals surface area contributed by atoms with Gasteiger partial charge in [-0.1, -0.05) is 30.3 Å². The van der Waals surface area contributed by atoms with Crippen LogP contribution in [0.5, 0.6) is 0 Å². The minimum absolute atomic E-state index is 0.0217. The number of nitrogens with two attached hydrogens (primary N) is 1. The molecular formula is C17H24N2O3. The van der Waals surface area contributed by atoms with Gasteiger partial charge >= 0.3 is 0 Å². The Labute approximate surface area is 131 Å². The molecule has 5 nitrogen and oxygen atoms in total. The van der Waals surface area contributed by atoms with Gasteiger partial charge in [0.1, 0.15) is 6.10 Å². The van der Waals surface area contributed by atoms with Crippen LogP contribution in [-0.4, -0.2) is 35.9 Å². The topological polar surface area (TPSA) is 72.6 Å². The molecule has 1 aliphatic rings. The molecule has 1 atom stereocenters. The Balaban J connectivity index is 1.76. The maximum atomic E-state index is 12.4. The number of hydrogen-bond acceptors (Lipinski definition) is 3. The van der Waals surface area contributed by atoms with E-state index >= 15 is 0 Å². The normalized spacial score (nSPS) is 17.2. The first-order chi connectivity index (χ1) is 10.6. The summed E-state index contributed by atoms with van der Waals surface area (Å²) in [5.41, 5.74) is 6.28. The van der Waals surface area contributed by atoms with Gasteiger partial charge in [-0.15, -0.1) is 0 Å². The molecule has 1 aromatic rings. The number of piperidine rings is 1. The Morgan fingerprint density at radius 2 is 1.91 bits per heavy atom. The van der Waals surface area contributed by atoms with Crippen molar-refractivity contribution in [2.45, 2.75) is 38.9 Å². The van der Waals surface area contributed by atoms with Crippen molar-refractivity contribution in [1.82, 2.24) is 4.90 Å². The summed E-state index contributed by atoms with van der Waals surface area (Å²) in [5.74, 6) is 0.0693. The van der Waals surface area contributed by atoms with Gasteiger partial charge < -0.3 is 15.4 Å². The molecule has 120 valence electrons. The molecule has 1 saturated heterocycles. The fraction of sp³-hybridized carbons (Fsp3) is 0.529. The van der Waals surface area contributed by atoms with E-state index in [9.17, 15) is 9.59 Å². The maximum Gasteiger partial charge on any atom is 0.251 e. The minimum atomic E-state index is -0.451. The van der Waals surface area contributed by atoms with E-state index < -0.39 is 6.10 Å². The molecule has 2 N–H and O–H groups in total. The van der Waals surface area contributed by atoms with E-state index in [2.05, 4.69) is 0 Å². The summed E-state index contributed by atoms with van der Waals surface area (Å²) < 4.78 is 5.67. The predicted octanol–water partition coefficient (Wildman–Crippen LogP) is 1.71. The molecule has 22 heavy (non-hydrogen) atoms. The van der Waals surface area contributed by atoms with Crippen LogP contribution in [0.4, 0.5) is 0 Å². The van der Waals surface area contributed by atoms with Crippen LogP contribution in [0.15, 0.2) is 30.3 Å². The van der Waals surface area contributed by atoms with Gasteiger partial charge in [0.05, 0.1) is 6.61 Å². The zero-order chi connectivity index (χ0) is 15.9. The molecule has 0 radical (unpaired) electrons. The van der Waals surface area contributed by atoms with Crippen LogP contribution < -0.4 is 5.73 Å². The van der Waals surface area contributed by atoms with Crippen LogP contribution in [0.2, 0.25) is 0 Å². The van der Waals surface area contributed by atoms with Crippen molar-refractivity contribution < 1.29 is 14.3 Å². The summed E-state index contributed by atoms with van der Waals surface area (Å²) in [6.45, 7) is 3.58. The van der Waals surface area contributed by atoms with Crippen molar-refractivity contribution in [1.29, 1.82) is 0 Å². The molecule has 1 aromatic carbocycles. The highest BCUT2D eigenvalue weighted by molar-refractivity contribution is 5.80. The molecule has 2 amide bonds. The van der Waals surface area contributed by atoms with Crippen LogP contribution >= 0.6 is 0 Å². The molecule has 2 rings (SSSR count). The average molecular weight is 304 g/mol. The van der Waals surface area contributed by atoms with Gasteiger partial charge in [-0.3, -0.25) is 9.59 Å². The summed E-state index contributed by atoms with van der Waals surface area (Å²) in [6, 6.07) is 9.82. The molecule has 0 unspecified atom stereocenters. The van der Waals surface area contributed by atoms with Crippen LogP contribution in [-0.2, 0) is 20.9 Å². The number of amides is 2. The summed E-state index contributed by atoms with van der Waals surface area (Å²) in [5, 5.41) is 0. The van der Waals surface area contributed by atoms with E-state index in [1.165, 1.54) is 0 Å². The second-order valence-electron chi connectivity index (χ2n) is 5.88. The Kier molecular flexibility index (Phi) is 5.95. The maximum absolute atomic E-state index is 12.4. The molecule has 1 fully saturated rings. The van der Waals surface area contributed by atoms with Crippen molar-refractivity contribution in [3.05, 3.63) is 35.9 Å².